The zero-order valence-electron chi connectivity index (χ0n) is 14.6. The van der Waals surface area contributed by atoms with Gasteiger partial charge in [0.1, 0.15) is 11.1 Å². The quantitative estimate of drug-likeness (QED) is 0.750. The molecule has 1 aromatic heterocycles. The average molecular weight is 356 g/mol. The third-order valence-corrected chi connectivity index (χ3v) is 5.48. The van der Waals surface area contributed by atoms with Crippen LogP contribution in [-0.4, -0.2) is 27.5 Å². The van der Waals surface area contributed by atoms with Crippen molar-refractivity contribution in [3.05, 3.63) is 33.7 Å². The SMILES string of the molecule is COc1cc(/C=N/c2sc3c(c2C#N)CCCC3)cc(OC)c1OC. The van der Waals surface area contributed by atoms with E-state index in [-0.39, 0.29) is 0 Å². The van der Waals surface area contributed by atoms with Crippen LogP contribution in [0.2, 0.25) is 0 Å². The number of methoxy groups -OCH3 is 3. The molecule has 6 heteroatoms. The molecule has 1 aliphatic rings. The van der Waals surface area contributed by atoms with E-state index in [0.717, 1.165) is 35.4 Å². The van der Waals surface area contributed by atoms with Crippen molar-refractivity contribution in [2.45, 2.75) is 25.7 Å². The van der Waals surface area contributed by atoms with Crippen molar-refractivity contribution in [1.82, 2.24) is 0 Å². The van der Waals surface area contributed by atoms with Gasteiger partial charge in [-0.1, -0.05) is 0 Å². The van der Waals surface area contributed by atoms with Crippen molar-refractivity contribution in [1.29, 1.82) is 5.26 Å². The molecule has 0 unspecified atom stereocenters. The lowest BCUT2D eigenvalue weighted by molar-refractivity contribution is 0.324. The summed E-state index contributed by atoms with van der Waals surface area (Å²) in [5.41, 5.74) is 2.74. The van der Waals surface area contributed by atoms with Gasteiger partial charge < -0.3 is 14.2 Å². The number of rotatable bonds is 5. The predicted octanol–water partition coefficient (Wildman–Crippen LogP) is 4.27. The number of benzene rings is 1. The van der Waals surface area contributed by atoms with Crippen molar-refractivity contribution in [2.24, 2.45) is 4.99 Å². The summed E-state index contributed by atoms with van der Waals surface area (Å²) in [6, 6.07) is 6.01. The Hall–Kier alpha value is -2.52. The zero-order chi connectivity index (χ0) is 17.8. The number of nitrogens with zero attached hydrogens (tertiary/aromatic N) is 2. The van der Waals surface area contributed by atoms with E-state index in [4.69, 9.17) is 14.2 Å². The van der Waals surface area contributed by atoms with Gasteiger partial charge in [0.2, 0.25) is 5.75 Å². The highest BCUT2D eigenvalue weighted by molar-refractivity contribution is 7.16. The summed E-state index contributed by atoms with van der Waals surface area (Å²) in [4.78, 5) is 5.88. The van der Waals surface area contributed by atoms with Gasteiger partial charge in [-0.05, 0) is 43.4 Å². The number of aliphatic imine (C=N–C) groups is 1. The highest BCUT2D eigenvalue weighted by Gasteiger charge is 2.20. The minimum atomic E-state index is 0.548. The van der Waals surface area contributed by atoms with Gasteiger partial charge >= 0.3 is 0 Å². The Balaban J connectivity index is 1.98. The maximum Gasteiger partial charge on any atom is 0.203 e. The standard InChI is InChI=1S/C19H20N2O3S/c1-22-15-8-12(9-16(23-2)18(15)24-3)11-21-19-14(10-20)13-6-4-5-7-17(13)25-19/h8-9,11H,4-7H2,1-3H3/b21-11+. The molecule has 2 aromatic rings. The van der Waals surface area contributed by atoms with Crippen LogP contribution >= 0.6 is 11.3 Å². The van der Waals surface area contributed by atoms with Gasteiger partial charge in [0.15, 0.2) is 11.5 Å². The molecule has 0 aliphatic heterocycles. The second-order valence-electron chi connectivity index (χ2n) is 5.72. The molecule has 1 heterocycles. The molecule has 0 bridgehead atoms. The van der Waals surface area contributed by atoms with E-state index >= 15 is 0 Å². The molecule has 0 radical (unpaired) electrons. The highest BCUT2D eigenvalue weighted by atomic mass is 32.1. The third kappa shape index (κ3) is 3.33. The second-order valence-corrected chi connectivity index (χ2v) is 6.80. The fraction of sp³-hybridized carbons (Fsp3) is 0.368. The number of hydrogen-bond donors (Lipinski definition) is 0. The molecule has 0 N–H and O–H groups in total. The molecule has 1 aromatic carbocycles. The molecule has 1 aliphatic carbocycles. The van der Waals surface area contributed by atoms with Crippen LogP contribution in [0.15, 0.2) is 17.1 Å². The van der Waals surface area contributed by atoms with E-state index < -0.39 is 0 Å². The van der Waals surface area contributed by atoms with E-state index in [2.05, 4.69) is 11.1 Å². The number of ether oxygens (including phenoxy) is 3. The molecule has 0 saturated heterocycles. The fourth-order valence-corrected chi connectivity index (χ4v) is 4.25. The van der Waals surface area contributed by atoms with Crippen molar-refractivity contribution < 1.29 is 14.2 Å². The highest BCUT2D eigenvalue weighted by Crippen LogP contribution is 2.40. The lowest BCUT2D eigenvalue weighted by Crippen LogP contribution is -1.99. The Morgan fingerprint density at radius 2 is 1.76 bits per heavy atom. The van der Waals surface area contributed by atoms with Crippen LogP contribution in [0.1, 0.15) is 34.4 Å². The average Bonchev–Trinajstić information content (AvgIpc) is 3.02. The summed E-state index contributed by atoms with van der Waals surface area (Å²) in [5.74, 6) is 1.70. The van der Waals surface area contributed by atoms with E-state index in [1.54, 1.807) is 38.9 Å². The monoisotopic (exact) mass is 356 g/mol. The smallest absolute Gasteiger partial charge is 0.203 e. The second kappa shape index (κ2) is 7.58. The zero-order valence-corrected chi connectivity index (χ0v) is 15.4. The number of nitriles is 1. The molecule has 0 spiro atoms. The Labute approximate surface area is 151 Å². The summed E-state index contributed by atoms with van der Waals surface area (Å²) in [6.07, 6.45) is 6.11. The molecule has 0 atom stereocenters. The largest absolute Gasteiger partial charge is 0.493 e. The van der Waals surface area contributed by atoms with Gasteiger partial charge in [-0.15, -0.1) is 11.3 Å². The third-order valence-electron chi connectivity index (χ3n) is 4.28. The number of thiophene rings is 1. The molecule has 0 saturated carbocycles. The molecule has 130 valence electrons. The van der Waals surface area contributed by atoms with Gasteiger partial charge in [0, 0.05) is 16.7 Å². The van der Waals surface area contributed by atoms with Crippen LogP contribution in [-0.2, 0) is 12.8 Å². The first kappa shape index (κ1) is 17.3. The molecular formula is C19H20N2O3S. The summed E-state index contributed by atoms with van der Waals surface area (Å²) in [5, 5.41) is 10.3. The lowest BCUT2D eigenvalue weighted by Gasteiger charge is -2.12. The van der Waals surface area contributed by atoms with Crippen LogP contribution in [0, 0.1) is 11.3 Å². The molecule has 5 nitrogen and oxygen atoms in total. The molecule has 25 heavy (non-hydrogen) atoms. The summed E-state index contributed by atoms with van der Waals surface area (Å²) >= 11 is 1.63. The van der Waals surface area contributed by atoms with Gasteiger partial charge in [0.25, 0.3) is 0 Å². The van der Waals surface area contributed by atoms with Crippen molar-refractivity contribution in [2.75, 3.05) is 21.3 Å². The topological polar surface area (TPSA) is 63.8 Å². The minimum Gasteiger partial charge on any atom is -0.493 e. The van der Waals surface area contributed by atoms with Crippen LogP contribution in [0.4, 0.5) is 5.00 Å². The number of hydrogen-bond acceptors (Lipinski definition) is 6. The Bertz CT molecular complexity index is 824. The van der Waals surface area contributed by atoms with Gasteiger partial charge in [-0.25, -0.2) is 4.99 Å². The molecule has 3 rings (SSSR count). The summed E-state index contributed by atoms with van der Waals surface area (Å²) in [7, 11) is 4.74. The van der Waals surface area contributed by atoms with Crippen LogP contribution in [0.5, 0.6) is 17.2 Å². The van der Waals surface area contributed by atoms with E-state index in [1.165, 1.54) is 16.9 Å². The van der Waals surface area contributed by atoms with E-state index in [0.29, 0.717) is 17.2 Å². The number of aryl methyl sites for hydroxylation is 1. The van der Waals surface area contributed by atoms with Crippen molar-refractivity contribution in [3.8, 4) is 23.3 Å². The van der Waals surface area contributed by atoms with Crippen molar-refractivity contribution in [3.63, 3.8) is 0 Å². The van der Waals surface area contributed by atoms with E-state index in [1.807, 2.05) is 12.1 Å². The Morgan fingerprint density at radius 1 is 1.08 bits per heavy atom. The van der Waals surface area contributed by atoms with Gasteiger partial charge in [0.05, 0.1) is 26.9 Å². The molecular weight excluding hydrogens is 336 g/mol. The van der Waals surface area contributed by atoms with Crippen LogP contribution in [0.3, 0.4) is 0 Å². The molecule has 0 fully saturated rings. The Kier molecular flexibility index (Phi) is 5.25. The predicted molar refractivity (Wildman–Crippen MR) is 99.0 cm³/mol. The van der Waals surface area contributed by atoms with E-state index in [9.17, 15) is 5.26 Å². The Morgan fingerprint density at radius 3 is 2.36 bits per heavy atom. The maximum atomic E-state index is 9.52. The van der Waals surface area contributed by atoms with Crippen LogP contribution < -0.4 is 14.2 Å². The lowest BCUT2D eigenvalue weighted by atomic mass is 9.96. The first-order chi connectivity index (χ1) is 12.2. The van der Waals surface area contributed by atoms with Crippen LogP contribution in [0.25, 0.3) is 0 Å². The normalized spacial score (nSPS) is 13.4. The van der Waals surface area contributed by atoms with Crippen molar-refractivity contribution >= 4 is 22.6 Å². The first-order valence-corrected chi connectivity index (χ1v) is 8.92. The van der Waals surface area contributed by atoms with Gasteiger partial charge in [-0.3, -0.25) is 0 Å². The summed E-state index contributed by atoms with van der Waals surface area (Å²) < 4.78 is 16.1. The maximum absolute atomic E-state index is 9.52. The first-order valence-electron chi connectivity index (χ1n) is 8.10. The minimum absolute atomic E-state index is 0.548. The summed E-state index contributed by atoms with van der Waals surface area (Å²) in [6.45, 7) is 0. The molecule has 0 amide bonds. The van der Waals surface area contributed by atoms with Gasteiger partial charge in [-0.2, -0.15) is 5.26 Å². The number of fused-ring (bicyclic) bond motifs is 1. The fourth-order valence-electron chi connectivity index (χ4n) is 3.07.